The Bertz CT molecular complexity index is 628. The summed E-state index contributed by atoms with van der Waals surface area (Å²) in [4.78, 5) is 8.18. The predicted octanol–water partition coefficient (Wildman–Crippen LogP) is 1.62. The smallest absolute Gasteiger partial charge is 0.223 e. The van der Waals surface area contributed by atoms with E-state index in [0.717, 1.165) is 23.6 Å². The molecule has 3 rings (SSSR count). The zero-order valence-electron chi connectivity index (χ0n) is 9.05. The van der Waals surface area contributed by atoms with Crippen molar-refractivity contribution in [2.45, 2.75) is 18.9 Å². The van der Waals surface area contributed by atoms with Crippen LogP contribution < -0.4 is 10.5 Å². The van der Waals surface area contributed by atoms with Crippen LogP contribution in [0.1, 0.15) is 18.5 Å². The highest BCUT2D eigenvalue weighted by Crippen LogP contribution is 2.31. The monoisotopic (exact) mass is 226 g/mol. The minimum absolute atomic E-state index is 0.231. The van der Waals surface area contributed by atoms with Gasteiger partial charge >= 0.3 is 0 Å². The van der Waals surface area contributed by atoms with E-state index in [-0.39, 0.29) is 6.10 Å². The van der Waals surface area contributed by atoms with Crippen LogP contribution in [0.15, 0.2) is 18.3 Å². The van der Waals surface area contributed by atoms with Crippen molar-refractivity contribution in [3.8, 4) is 11.9 Å². The predicted molar refractivity (Wildman–Crippen MR) is 62.3 cm³/mol. The third kappa shape index (κ3) is 1.85. The Morgan fingerprint density at radius 3 is 2.94 bits per heavy atom. The van der Waals surface area contributed by atoms with Crippen molar-refractivity contribution in [3.05, 3.63) is 24.0 Å². The Hall–Kier alpha value is -2.35. The highest BCUT2D eigenvalue weighted by Gasteiger charge is 2.25. The first-order valence-corrected chi connectivity index (χ1v) is 5.39. The zero-order chi connectivity index (χ0) is 11.8. The molecule has 0 unspecified atom stereocenters. The lowest BCUT2D eigenvalue weighted by Gasteiger charge is -2.07. The summed E-state index contributed by atoms with van der Waals surface area (Å²) in [7, 11) is 0. The van der Waals surface area contributed by atoms with Gasteiger partial charge in [0, 0.05) is 17.0 Å². The van der Waals surface area contributed by atoms with Crippen LogP contribution in [0.25, 0.3) is 10.8 Å². The molecule has 0 atom stereocenters. The lowest BCUT2D eigenvalue weighted by molar-refractivity contribution is 0.295. The Balaban J connectivity index is 2.20. The number of hydrogen-bond acceptors (Lipinski definition) is 5. The van der Waals surface area contributed by atoms with Crippen LogP contribution in [0.5, 0.6) is 5.88 Å². The number of rotatable bonds is 2. The van der Waals surface area contributed by atoms with Gasteiger partial charge in [-0.3, -0.25) is 0 Å². The lowest BCUT2D eigenvalue weighted by Crippen LogP contribution is -2.01. The third-order valence-corrected chi connectivity index (χ3v) is 2.62. The SMILES string of the molecule is N#Cc1cc2cnc(N)cc2c(OC2CC2)n1. The van der Waals surface area contributed by atoms with Gasteiger partial charge in [-0.15, -0.1) is 0 Å². The molecule has 84 valence electrons. The number of aromatic nitrogens is 2. The van der Waals surface area contributed by atoms with Crippen molar-refractivity contribution in [2.24, 2.45) is 0 Å². The molecule has 1 fully saturated rings. The Morgan fingerprint density at radius 1 is 1.41 bits per heavy atom. The van der Waals surface area contributed by atoms with E-state index in [1.165, 1.54) is 0 Å². The van der Waals surface area contributed by atoms with Gasteiger partial charge in [-0.2, -0.15) is 5.26 Å². The fourth-order valence-corrected chi connectivity index (χ4v) is 1.62. The van der Waals surface area contributed by atoms with Crippen molar-refractivity contribution in [1.29, 1.82) is 5.26 Å². The van der Waals surface area contributed by atoms with E-state index in [2.05, 4.69) is 9.97 Å². The Morgan fingerprint density at radius 2 is 2.24 bits per heavy atom. The average molecular weight is 226 g/mol. The minimum Gasteiger partial charge on any atom is -0.474 e. The van der Waals surface area contributed by atoms with E-state index < -0.39 is 0 Å². The number of nitrogen functional groups attached to an aromatic ring is 1. The number of nitrogens with two attached hydrogens (primary N) is 1. The maximum atomic E-state index is 8.91. The van der Waals surface area contributed by atoms with Gasteiger partial charge in [-0.25, -0.2) is 9.97 Å². The van der Waals surface area contributed by atoms with Gasteiger partial charge in [0.15, 0.2) is 0 Å². The molecule has 2 heterocycles. The molecular weight excluding hydrogens is 216 g/mol. The number of pyridine rings is 2. The molecule has 5 heteroatoms. The fourth-order valence-electron chi connectivity index (χ4n) is 1.62. The molecule has 2 aromatic heterocycles. The zero-order valence-corrected chi connectivity index (χ0v) is 9.05. The van der Waals surface area contributed by atoms with Crippen LogP contribution in [0.4, 0.5) is 5.82 Å². The highest BCUT2D eigenvalue weighted by atomic mass is 16.5. The molecule has 0 saturated heterocycles. The van der Waals surface area contributed by atoms with Crippen LogP contribution in [0.3, 0.4) is 0 Å². The molecule has 0 spiro atoms. The second-order valence-corrected chi connectivity index (χ2v) is 4.07. The Labute approximate surface area is 97.9 Å². The van der Waals surface area contributed by atoms with E-state index in [4.69, 9.17) is 15.7 Å². The topological polar surface area (TPSA) is 84.8 Å². The van der Waals surface area contributed by atoms with Gasteiger partial charge in [0.2, 0.25) is 5.88 Å². The summed E-state index contributed by atoms with van der Waals surface area (Å²) in [5.41, 5.74) is 5.98. The summed E-state index contributed by atoms with van der Waals surface area (Å²) in [5, 5.41) is 10.5. The number of hydrogen-bond donors (Lipinski definition) is 1. The van der Waals surface area contributed by atoms with Gasteiger partial charge in [-0.05, 0) is 25.0 Å². The molecule has 0 amide bonds. The van der Waals surface area contributed by atoms with Gasteiger partial charge in [0.05, 0.1) is 0 Å². The summed E-state index contributed by atoms with van der Waals surface area (Å²) in [5.74, 6) is 0.903. The normalized spacial score (nSPS) is 14.5. The molecule has 1 aliphatic carbocycles. The molecule has 2 aromatic rings. The van der Waals surface area contributed by atoms with E-state index >= 15 is 0 Å². The van der Waals surface area contributed by atoms with Crippen molar-refractivity contribution in [1.82, 2.24) is 9.97 Å². The molecule has 2 N–H and O–H groups in total. The van der Waals surface area contributed by atoms with Crippen LogP contribution in [-0.2, 0) is 0 Å². The molecule has 0 aliphatic heterocycles. The average Bonchev–Trinajstić information content (AvgIpc) is 3.13. The molecule has 0 aromatic carbocycles. The van der Waals surface area contributed by atoms with Gasteiger partial charge in [0.25, 0.3) is 0 Å². The first kappa shape index (κ1) is 9.85. The highest BCUT2D eigenvalue weighted by molar-refractivity contribution is 5.88. The van der Waals surface area contributed by atoms with Gasteiger partial charge < -0.3 is 10.5 Å². The molecule has 17 heavy (non-hydrogen) atoms. The molecule has 0 bridgehead atoms. The first-order valence-electron chi connectivity index (χ1n) is 5.39. The second kappa shape index (κ2) is 3.59. The van der Waals surface area contributed by atoms with E-state index in [9.17, 15) is 0 Å². The summed E-state index contributed by atoms with van der Waals surface area (Å²) in [6.45, 7) is 0. The summed E-state index contributed by atoms with van der Waals surface area (Å²) < 4.78 is 5.69. The van der Waals surface area contributed by atoms with Crippen LogP contribution >= 0.6 is 0 Å². The third-order valence-electron chi connectivity index (χ3n) is 2.62. The number of anilines is 1. The maximum Gasteiger partial charge on any atom is 0.223 e. The summed E-state index contributed by atoms with van der Waals surface area (Å²) in [6.07, 6.45) is 3.95. The first-order chi connectivity index (χ1) is 8.26. The van der Waals surface area contributed by atoms with Crippen molar-refractivity contribution in [2.75, 3.05) is 5.73 Å². The fraction of sp³-hybridized carbons (Fsp3) is 0.250. The lowest BCUT2D eigenvalue weighted by atomic mass is 10.2. The molecule has 1 saturated carbocycles. The van der Waals surface area contributed by atoms with Crippen molar-refractivity contribution >= 4 is 16.6 Å². The quantitative estimate of drug-likeness (QED) is 0.841. The minimum atomic E-state index is 0.231. The van der Waals surface area contributed by atoms with Crippen LogP contribution in [0.2, 0.25) is 0 Å². The summed E-state index contributed by atoms with van der Waals surface area (Å²) in [6, 6.07) is 5.42. The second-order valence-electron chi connectivity index (χ2n) is 4.07. The van der Waals surface area contributed by atoms with Crippen LogP contribution in [0, 0.1) is 11.3 Å². The number of nitriles is 1. The summed E-state index contributed by atoms with van der Waals surface area (Å²) >= 11 is 0. The van der Waals surface area contributed by atoms with E-state index in [0.29, 0.717) is 17.4 Å². The van der Waals surface area contributed by atoms with Crippen molar-refractivity contribution < 1.29 is 4.74 Å². The van der Waals surface area contributed by atoms with Gasteiger partial charge in [0.1, 0.15) is 23.7 Å². The van der Waals surface area contributed by atoms with Gasteiger partial charge in [-0.1, -0.05) is 0 Å². The number of ether oxygens (including phenoxy) is 1. The van der Waals surface area contributed by atoms with Crippen molar-refractivity contribution in [3.63, 3.8) is 0 Å². The number of fused-ring (bicyclic) bond motifs is 1. The standard InChI is InChI=1S/C12H10N4O/c13-5-8-3-7-6-15-11(14)4-10(7)12(16-8)17-9-1-2-9/h3-4,6,9H,1-2H2,(H2,14,15). The molecule has 0 radical (unpaired) electrons. The number of nitrogens with zero attached hydrogens (tertiary/aromatic N) is 3. The molecular formula is C12H10N4O. The molecule has 5 nitrogen and oxygen atoms in total. The Kier molecular flexibility index (Phi) is 2.08. The van der Waals surface area contributed by atoms with Crippen LogP contribution in [-0.4, -0.2) is 16.1 Å². The largest absolute Gasteiger partial charge is 0.474 e. The van der Waals surface area contributed by atoms with E-state index in [1.807, 2.05) is 6.07 Å². The van der Waals surface area contributed by atoms with E-state index in [1.54, 1.807) is 18.3 Å². The molecule has 1 aliphatic rings. The maximum absolute atomic E-state index is 8.91.